The van der Waals surface area contributed by atoms with Crippen molar-refractivity contribution in [1.82, 2.24) is 10.2 Å². The Morgan fingerprint density at radius 1 is 1.12 bits per heavy atom. The molecule has 0 saturated heterocycles. The Labute approximate surface area is 149 Å². The average Bonchev–Trinajstić information content (AvgIpc) is 2.61. The van der Waals surface area contributed by atoms with Crippen molar-refractivity contribution in [2.45, 2.75) is 31.2 Å². The Balaban J connectivity index is 1.83. The number of amides is 2. The van der Waals surface area contributed by atoms with Crippen molar-refractivity contribution in [2.24, 2.45) is 0 Å². The lowest BCUT2D eigenvalue weighted by Crippen LogP contribution is -2.39. The topological polar surface area (TPSA) is 32.3 Å². The summed E-state index contributed by atoms with van der Waals surface area (Å²) in [5, 5.41) is 3.06. The molecule has 0 aliphatic heterocycles. The molecule has 2 aromatic carbocycles. The highest BCUT2D eigenvalue weighted by Crippen LogP contribution is 2.20. The molecule has 0 aliphatic rings. The lowest BCUT2D eigenvalue weighted by Gasteiger charge is -2.22. The van der Waals surface area contributed by atoms with Gasteiger partial charge in [0, 0.05) is 18.5 Å². The van der Waals surface area contributed by atoms with Crippen LogP contribution in [0.25, 0.3) is 0 Å². The highest BCUT2D eigenvalue weighted by atomic mass is 32.2. The van der Waals surface area contributed by atoms with Crippen LogP contribution in [0.3, 0.4) is 0 Å². The number of benzene rings is 2. The second-order valence-electron chi connectivity index (χ2n) is 5.83. The minimum atomic E-state index is -0.0366. The summed E-state index contributed by atoms with van der Waals surface area (Å²) in [6.45, 7) is 4.87. The summed E-state index contributed by atoms with van der Waals surface area (Å²) in [7, 11) is 1.84. The summed E-state index contributed by atoms with van der Waals surface area (Å²) in [6.07, 6.45) is 0.863. The van der Waals surface area contributed by atoms with Gasteiger partial charge in [-0.1, -0.05) is 49.4 Å². The maximum Gasteiger partial charge on any atom is 0.317 e. The lowest BCUT2D eigenvalue weighted by molar-refractivity contribution is 0.206. The molecule has 0 fully saturated rings. The van der Waals surface area contributed by atoms with Gasteiger partial charge in [-0.3, -0.25) is 0 Å². The van der Waals surface area contributed by atoms with Gasteiger partial charge in [-0.2, -0.15) is 0 Å². The van der Waals surface area contributed by atoms with E-state index in [-0.39, 0.29) is 12.1 Å². The predicted molar refractivity (Wildman–Crippen MR) is 103 cm³/mol. The van der Waals surface area contributed by atoms with Crippen molar-refractivity contribution in [1.29, 1.82) is 0 Å². The second kappa shape index (κ2) is 9.38. The number of carbonyl (C=O) groups excluding carboxylic acids is 1. The summed E-state index contributed by atoms with van der Waals surface area (Å²) >= 11 is 1.82. The zero-order chi connectivity index (χ0) is 17.4. The molecule has 0 aliphatic carbocycles. The van der Waals surface area contributed by atoms with Crippen molar-refractivity contribution in [3.8, 4) is 0 Å². The molecule has 0 bridgehead atoms. The van der Waals surface area contributed by atoms with Crippen molar-refractivity contribution in [3.63, 3.8) is 0 Å². The number of nitrogens with one attached hydrogen (secondary N) is 1. The van der Waals surface area contributed by atoms with E-state index in [1.807, 2.05) is 43.9 Å². The Kier molecular flexibility index (Phi) is 7.19. The van der Waals surface area contributed by atoms with Gasteiger partial charge in [0.2, 0.25) is 0 Å². The minimum absolute atomic E-state index is 0.00245. The van der Waals surface area contributed by atoms with Crippen molar-refractivity contribution in [3.05, 3.63) is 65.7 Å². The zero-order valence-corrected chi connectivity index (χ0v) is 15.5. The first-order valence-corrected chi connectivity index (χ1v) is 9.37. The highest BCUT2D eigenvalue weighted by molar-refractivity contribution is 7.99. The summed E-state index contributed by atoms with van der Waals surface area (Å²) < 4.78 is 0. The standard InChI is InChI=1S/C20H26N2OS/c1-4-24-19-12-10-18(11-13-19)16(2)21-20(23)22(3)15-14-17-8-6-5-7-9-17/h5-13,16H,4,14-15H2,1-3H3,(H,21,23). The molecule has 1 unspecified atom stereocenters. The van der Waals surface area contributed by atoms with Gasteiger partial charge < -0.3 is 10.2 Å². The maximum atomic E-state index is 12.3. The molecule has 0 heterocycles. The molecule has 0 saturated carbocycles. The second-order valence-corrected chi connectivity index (χ2v) is 7.17. The fraction of sp³-hybridized carbons (Fsp3) is 0.350. The third-order valence-electron chi connectivity index (χ3n) is 3.96. The van der Waals surface area contributed by atoms with E-state index < -0.39 is 0 Å². The summed E-state index contributed by atoms with van der Waals surface area (Å²) in [5.74, 6) is 1.07. The first kappa shape index (κ1) is 18.4. The van der Waals surface area contributed by atoms with Crippen molar-refractivity contribution < 1.29 is 4.79 Å². The number of urea groups is 1. The SMILES string of the molecule is CCSc1ccc(C(C)NC(=O)N(C)CCc2ccccc2)cc1. The minimum Gasteiger partial charge on any atom is -0.331 e. The number of hydrogen-bond acceptors (Lipinski definition) is 2. The number of rotatable bonds is 7. The molecule has 0 aromatic heterocycles. The largest absolute Gasteiger partial charge is 0.331 e. The van der Waals surface area contributed by atoms with Gasteiger partial charge in [-0.15, -0.1) is 11.8 Å². The molecule has 0 radical (unpaired) electrons. The quantitative estimate of drug-likeness (QED) is 0.737. The maximum absolute atomic E-state index is 12.3. The number of carbonyl (C=O) groups is 1. The Morgan fingerprint density at radius 3 is 2.42 bits per heavy atom. The van der Waals surface area contributed by atoms with Crippen molar-refractivity contribution >= 4 is 17.8 Å². The van der Waals surface area contributed by atoms with Crippen LogP contribution in [0.4, 0.5) is 4.79 Å². The van der Waals surface area contributed by atoms with Gasteiger partial charge in [-0.05, 0) is 42.4 Å². The molecule has 128 valence electrons. The van der Waals surface area contributed by atoms with Crippen LogP contribution in [-0.2, 0) is 6.42 Å². The van der Waals surface area contributed by atoms with Gasteiger partial charge in [-0.25, -0.2) is 4.79 Å². The molecule has 2 aromatic rings. The number of nitrogens with zero attached hydrogens (tertiary/aromatic N) is 1. The first-order chi connectivity index (χ1) is 11.6. The van der Waals surface area contributed by atoms with E-state index in [0.29, 0.717) is 6.54 Å². The molecule has 0 spiro atoms. The molecular weight excluding hydrogens is 316 g/mol. The molecule has 1 atom stereocenters. The molecule has 2 rings (SSSR count). The number of thioether (sulfide) groups is 1. The van der Waals surface area contributed by atoms with E-state index in [0.717, 1.165) is 17.7 Å². The van der Waals surface area contributed by atoms with E-state index in [2.05, 4.69) is 48.6 Å². The van der Waals surface area contributed by atoms with Crippen LogP contribution in [0.2, 0.25) is 0 Å². The Hall–Kier alpha value is -1.94. The van der Waals surface area contributed by atoms with Crippen LogP contribution in [0.1, 0.15) is 31.0 Å². The predicted octanol–water partition coefficient (Wildman–Crippen LogP) is 4.74. The molecule has 24 heavy (non-hydrogen) atoms. The molecule has 3 nitrogen and oxygen atoms in total. The van der Waals surface area contributed by atoms with Gasteiger partial charge >= 0.3 is 6.03 Å². The summed E-state index contributed by atoms with van der Waals surface area (Å²) in [4.78, 5) is 15.3. The van der Waals surface area contributed by atoms with Crippen molar-refractivity contribution in [2.75, 3.05) is 19.3 Å². The molecule has 2 amide bonds. The Bertz CT molecular complexity index is 628. The zero-order valence-electron chi connectivity index (χ0n) is 14.7. The van der Waals surface area contributed by atoms with Crippen LogP contribution in [0, 0.1) is 0 Å². The molecule has 1 N–H and O–H groups in total. The smallest absolute Gasteiger partial charge is 0.317 e. The van der Waals surface area contributed by atoms with Crippen LogP contribution < -0.4 is 5.32 Å². The summed E-state index contributed by atoms with van der Waals surface area (Å²) in [6, 6.07) is 18.6. The fourth-order valence-electron chi connectivity index (χ4n) is 2.44. The highest BCUT2D eigenvalue weighted by Gasteiger charge is 2.13. The Morgan fingerprint density at radius 2 is 1.79 bits per heavy atom. The van der Waals surface area contributed by atoms with Crippen LogP contribution in [0.15, 0.2) is 59.5 Å². The van der Waals surface area contributed by atoms with E-state index in [4.69, 9.17) is 0 Å². The average molecular weight is 343 g/mol. The van der Waals surface area contributed by atoms with Gasteiger partial charge in [0.25, 0.3) is 0 Å². The number of likely N-dealkylation sites (N-methyl/N-ethyl adjacent to an activating group) is 1. The van der Waals surface area contributed by atoms with Crippen LogP contribution in [0.5, 0.6) is 0 Å². The van der Waals surface area contributed by atoms with Crippen LogP contribution in [-0.4, -0.2) is 30.3 Å². The van der Waals surface area contributed by atoms with Gasteiger partial charge in [0.1, 0.15) is 0 Å². The summed E-state index contributed by atoms with van der Waals surface area (Å²) in [5.41, 5.74) is 2.37. The third-order valence-corrected chi connectivity index (χ3v) is 4.85. The molecule has 4 heteroatoms. The van der Waals surface area contributed by atoms with E-state index in [1.165, 1.54) is 10.5 Å². The normalized spacial score (nSPS) is 11.8. The first-order valence-electron chi connectivity index (χ1n) is 8.38. The number of hydrogen-bond donors (Lipinski definition) is 1. The van der Waals surface area contributed by atoms with E-state index in [1.54, 1.807) is 4.90 Å². The monoisotopic (exact) mass is 342 g/mol. The lowest BCUT2D eigenvalue weighted by atomic mass is 10.1. The van der Waals surface area contributed by atoms with Gasteiger partial charge in [0.15, 0.2) is 0 Å². The van der Waals surface area contributed by atoms with E-state index >= 15 is 0 Å². The molecular formula is C20H26N2OS. The van der Waals surface area contributed by atoms with Crippen LogP contribution >= 0.6 is 11.8 Å². The fourth-order valence-corrected chi connectivity index (χ4v) is 3.10. The van der Waals surface area contributed by atoms with E-state index in [9.17, 15) is 4.79 Å². The third kappa shape index (κ3) is 5.60. The van der Waals surface area contributed by atoms with Gasteiger partial charge in [0.05, 0.1) is 6.04 Å².